The van der Waals surface area contributed by atoms with Gasteiger partial charge in [0.05, 0.1) is 35.8 Å². The molecule has 2 aromatic carbocycles. The molecule has 2 N–H and O–H groups in total. The molecule has 0 bridgehead atoms. The van der Waals surface area contributed by atoms with E-state index in [1.807, 2.05) is 62.4 Å². The second-order valence-corrected chi connectivity index (χ2v) is 7.95. The first-order chi connectivity index (χ1) is 14.5. The summed E-state index contributed by atoms with van der Waals surface area (Å²) in [6.45, 7) is 4.41. The summed E-state index contributed by atoms with van der Waals surface area (Å²) < 4.78 is 5.38. The smallest absolute Gasteiger partial charge is 0.227 e. The van der Waals surface area contributed by atoms with E-state index < -0.39 is 5.92 Å². The van der Waals surface area contributed by atoms with Crippen molar-refractivity contribution in [3.8, 4) is 5.75 Å². The van der Waals surface area contributed by atoms with Gasteiger partial charge in [0.25, 0.3) is 0 Å². The van der Waals surface area contributed by atoms with Crippen LogP contribution < -0.4 is 15.0 Å². The number of nitrogens with one attached hydrogen (secondary N) is 2. The van der Waals surface area contributed by atoms with Gasteiger partial charge in [0.2, 0.25) is 11.8 Å². The molecular formula is C23H26N4O3. The fraction of sp³-hybridized carbons (Fsp3) is 0.348. The molecule has 2 atom stereocenters. The Labute approximate surface area is 175 Å². The normalized spacial score (nSPS) is 17.5. The van der Waals surface area contributed by atoms with E-state index in [4.69, 9.17) is 4.74 Å². The van der Waals surface area contributed by atoms with Crippen molar-refractivity contribution in [1.29, 1.82) is 0 Å². The van der Waals surface area contributed by atoms with Crippen LogP contribution in [0.1, 0.15) is 32.1 Å². The number of rotatable bonds is 6. The first kappa shape index (κ1) is 19.9. The van der Waals surface area contributed by atoms with E-state index in [9.17, 15) is 9.59 Å². The maximum Gasteiger partial charge on any atom is 0.227 e. The molecule has 2 amide bonds. The zero-order chi connectivity index (χ0) is 21.3. The summed E-state index contributed by atoms with van der Waals surface area (Å²) in [5.74, 6) is 0.842. The predicted molar refractivity (Wildman–Crippen MR) is 115 cm³/mol. The maximum absolute atomic E-state index is 13.1. The molecule has 0 spiro atoms. The Balaban J connectivity index is 1.51. The highest BCUT2D eigenvalue weighted by Crippen LogP contribution is 2.33. The van der Waals surface area contributed by atoms with Gasteiger partial charge in [-0.15, -0.1) is 0 Å². The van der Waals surface area contributed by atoms with Crippen LogP contribution in [0.3, 0.4) is 0 Å². The second-order valence-electron chi connectivity index (χ2n) is 7.95. The largest absolute Gasteiger partial charge is 0.495 e. The van der Waals surface area contributed by atoms with Gasteiger partial charge >= 0.3 is 0 Å². The molecule has 156 valence electrons. The van der Waals surface area contributed by atoms with Crippen LogP contribution in [0.2, 0.25) is 0 Å². The number of H-pyrrole nitrogens is 1. The summed E-state index contributed by atoms with van der Waals surface area (Å²) >= 11 is 0. The first-order valence-corrected chi connectivity index (χ1v) is 10.2. The Morgan fingerprint density at radius 2 is 1.93 bits per heavy atom. The lowest BCUT2D eigenvalue weighted by Gasteiger charge is -2.23. The molecule has 7 heteroatoms. The number of carbonyl (C=O) groups excluding carboxylic acids is 2. The lowest BCUT2D eigenvalue weighted by molar-refractivity contribution is -0.127. The molecule has 2 heterocycles. The molecular weight excluding hydrogens is 380 g/mol. The summed E-state index contributed by atoms with van der Waals surface area (Å²) in [5, 5.41) is 3.11. The van der Waals surface area contributed by atoms with Crippen LogP contribution in [-0.4, -0.2) is 35.4 Å². The van der Waals surface area contributed by atoms with Crippen LogP contribution in [-0.2, 0) is 9.59 Å². The molecule has 30 heavy (non-hydrogen) atoms. The van der Waals surface area contributed by atoms with Crippen molar-refractivity contribution < 1.29 is 14.3 Å². The van der Waals surface area contributed by atoms with Gasteiger partial charge in [-0.2, -0.15) is 0 Å². The molecule has 1 aliphatic rings. The average molecular weight is 406 g/mol. The summed E-state index contributed by atoms with van der Waals surface area (Å²) in [5.41, 5.74) is 2.49. The molecule has 0 radical (unpaired) electrons. The Hall–Kier alpha value is -3.35. The maximum atomic E-state index is 13.1. The average Bonchev–Trinajstić information content (AvgIpc) is 3.35. The lowest BCUT2D eigenvalue weighted by atomic mass is 10.0. The molecule has 1 aromatic heterocycles. The van der Waals surface area contributed by atoms with Gasteiger partial charge in [0.1, 0.15) is 11.6 Å². The van der Waals surface area contributed by atoms with Gasteiger partial charge in [-0.1, -0.05) is 38.1 Å². The monoisotopic (exact) mass is 406 g/mol. The van der Waals surface area contributed by atoms with E-state index in [0.717, 1.165) is 16.9 Å². The second kappa shape index (κ2) is 8.18. The number of anilines is 1. The lowest BCUT2D eigenvalue weighted by Crippen LogP contribution is -2.38. The predicted octanol–water partition coefficient (Wildman–Crippen LogP) is 3.44. The number of nitrogens with zero attached hydrogens (tertiary/aromatic N) is 2. The van der Waals surface area contributed by atoms with Crippen LogP contribution in [0.4, 0.5) is 5.69 Å². The van der Waals surface area contributed by atoms with Crippen molar-refractivity contribution in [2.24, 2.45) is 11.8 Å². The van der Waals surface area contributed by atoms with Crippen molar-refractivity contribution in [2.45, 2.75) is 26.3 Å². The molecule has 0 unspecified atom stereocenters. The minimum Gasteiger partial charge on any atom is -0.495 e. The van der Waals surface area contributed by atoms with Gasteiger partial charge in [-0.25, -0.2) is 4.98 Å². The summed E-state index contributed by atoms with van der Waals surface area (Å²) in [7, 11) is 1.57. The molecule has 1 saturated heterocycles. The molecule has 1 aliphatic heterocycles. The van der Waals surface area contributed by atoms with E-state index in [1.165, 1.54) is 0 Å². The molecule has 7 nitrogen and oxygen atoms in total. The van der Waals surface area contributed by atoms with Crippen molar-refractivity contribution in [3.05, 3.63) is 54.4 Å². The third kappa shape index (κ3) is 3.75. The Morgan fingerprint density at radius 3 is 2.67 bits per heavy atom. The van der Waals surface area contributed by atoms with Crippen molar-refractivity contribution in [2.75, 3.05) is 18.6 Å². The van der Waals surface area contributed by atoms with Gasteiger partial charge in [-0.05, 0) is 30.2 Å². The van der Waals surface area contributed by atoms with Gasteiger partial charge in [-0.3, -0.25) is 9.59 Å². The van der Waals surface area contributed by atoms with Gasteiger partial charge in [0.15, 0.2) is 0 Å². The highest BCUT2D eigenvalue weighted by atomic mass is 16.5. The summed E-state index contributed by atoms with van der Waals surface area (Å²) in [6.07, 6.45) is 0.175. The Bertz CT molecular complexity index is 1040. The van der Waals surface area contributed by atoms with E-state index in [1.54, 1.807) is 12.0 Å². The quantitative estimate of drug-likeness (QED) is 0.656. The molecule has 3 aromatic rings. The fourth-order valence-corrected chi connectivity index (χ4v) is 3.91. The molecule has 1 fully saturated rings. The number of para-hydroxylation sites is 4. The SMILES string of the molecule is COc1ccccc1N1C[C@@H](C(=O)N[C@@H](c2nc3ccccc3[nH]2)C(C)C)CC1=O. The fourth-order valence-electron chi connectivity index (χ4n) is 3.91. The Kier molecular flexibility index (Phi) is 5.44. The Morgan fingerprint density at radius 1 is 1.20 bits per heavy atom. The highest BCUT2D eigenvalue weighted by molar-refractivity contribution is 6.01. The van der Waals surface area contributed by atoms with E-state index in [0.29, 0.717) is 18.0 Å². The molecule has 0 aliphatic carbocycles. The topological polar surface area (TPSA) is 87.3 Å². The van der Waals surface area contributed by atoms with Crippen LogP contribution >= 0.6 is 0 Å². The third-order valence-corrected chi connectivity index (χ3v) is 5.54. The van der Waals surface area contributed by atoms with Gasteiger partial charge in [0, 0.05) is 13.0 Å². The van der Waals surface area contributed by atoms with Crippen molar-refractivity contribution >= 4 is 28.5 Å². The van der Waals surface area contributed by atoms with Crippen LogP contribution in [0, 0.1) is 11.8 Å². The number of amides is 2. The number of fused-ring (bicyclic) bond motifs is 1. The zero-order valence-corrected chi connectivity index (χ0v) is 17.4. The van der Waals surface area contributed by atoms with Crippen molar-refractivity contribution in [1.82, 2.24) is 15.3 Å². The number of aromatic nitrogens is 2. The number of methoxy groups -OCH3 is 1. The first-order valence-electron chi connectivity index (χ1n) is 10.2. The standard InChI is InChI=1S/C23H26N4O3/c1-14(2)21(22-24-16-8-4-5-9-17(16)25-22)26-23(29)15-12-20(28)27(13-15)18-10-6-7-11-19(18)30-3/h4-11,14-15,21H,12-13H2,1-3H3,(H,24,25)(H,26,29)/t15-,21+/m0/s1. The number of hydrogen-bond donors (Lipinski definition) is 2. The number of benzene rings is 2. The number of hydrogen-bond acceptors (Lipinski definition) is 4. The number of aromatic amines is 1. The third-order valence-electron chi connectivity index (χ3n) is 5.54. The van der Waals surface area contributed by atoms with E-state index in [2.05, 4.69) is 15.3 Å². The highest BCUT2D eigenvalue weighted by Gasteiger charge is 2.37. The number of carbonyl (C=O) groups is 2. The van der Waals surface area contributed by atoms with E-state index in [-0.39, 0.29) is 30.2 Å². The molecule has 4 rings (SSSR count). The van der Waals surface area contributed by atoms with Crippen LogP contribution in [0.15, 0.2) is 48.5 Å². The summed E-state index contributed by atoms with van der Waals surface area (Å²) in [6, 6.07) is 14.9. The number of ether oxygens (including phenoxy) is 1. The van der Waals surface area contributed by atoms with Crippen molar-refractivity contribution in [3.63, 3.8) is 0 Å². The minimum atomic E-state index is -0.423. The minimum absolute atomic E-state index is 0.0792. The number of imidazole rings is 1. The molecule has 0 saturated carbocycles. The zero-order valence-electron chi connectivity index (χ0n) is 17.4. The van der Waals surface area contributed by atoms with Gasteiger partial charge < -0.3 is 19.9 Å². The summed E-state index contributed by atoms with van der Waals surface area (Å²) in [4.78, 5) is 35.3. The van der Waals surface area contributed by atoms with Crippen LogP contribution in [0.25, 0.3) is 11.0 Å². The van der Waals surface area contributed by atoms with Crippen LogP contribution in [0.5, 0.6) is 5.75 Å². The van der Waals surface area contributed by atoms with E-state index >= 15 is 0 Å².